The van der Waals surface area contributed by atoms with Crippen LogP contribution in [0.4, 0.5) is 0 Å². The smallest absolute Gasteiger partial charge is 0.225 e. The average molecular weight is 284 g/mol. The molecule has 0 radical (unpaired) electrons. The van der Waals surface area contributed by atoms with Gasteiger partial charge in [-0.25, -0.2) is 0 Å². The Morgan fingerprint density at radius 1 is 1.24 bits per heavy atom. The Hall–Kier alpha value is -1.82. The number of hydrogen-bond donors (Lipinski definition) is 0. The van der Waals surface area contributed by atoms with Gasteiger partial charge in [-0.1, -0.05) is 44.2 Å². The Morgan fingerprint density at radius 2 is 1.81 bits per heavy atom. The summed E-state index contributed by atoms with van der Waals surface area (Å²) in [6.07, 6.45) is 3.26. The fourth-order valence-electron chi connectivity index (χ4n) is 3.23. The summed E-state index contributed by atoms with van der Waals surface area (Å²) in [4.78, 5) is 14.4. The van der Waals surface area contributed by atoms with Crippen LogP contribution < -0.4 is 0 Å². The van der Waals surface area contributed by atoms with Gasteiger partial charge in [-0.3, -0.25) is 4.79 Å². The van der Waals surface area contributed by atoms with E-state index < -0.39 is 5.41 Å². The maximum absolute atomic E-state index is 12.4. The number of amides is 1. The lowest BCUT2D eigenvalue weighted by Gasteiger charge is -2.38. The van der Waals surface area contributed by atoms with Gasteiger partial charge in [0.05, 0.1) is 11.5 Å². The van der Waals surface area contributed by atoms with E-state index in [1.807, 2.05) is 35.2 Å². The second-order valence-corrected chi connectivity index (χ2v) is 5.90. The van der Waals surface area contributed by atoms with Crippen molar-refractivity contribution < 1.29 is 4.79 Å². The quantitative estimate of drug-likeness (QED) is 0.849. The van der Waals surface area contributed by atoms with Crippen LogP contribution in [0.3, 0.4) is 0 Å². The summed E-state index contributed by atoms with van der Waals surface area (Å²) < 4.78 is 0. The minimum Gasteiger partial charge on any atom is -0.342 e. The fourth-order valence-corrected chi connectivity index (χ4v) is 3.23. The molecule has 1 aromatic rings. The number of rotatable bonds is 4. The van der Waals surface area contributed by atoms with Gasteiger partial charge in [0, 0.05) is 19.0 Å². The number of piperidine rings is 1. The molecule has 1 aliphatic heterocycles. The minimum absolute atomic E-state index is 0.135. The monoisotopic (exact) mass is 284 g/mol. The lowest BCUT2D eigenvalue weighted by atomic mass is 9.74. The summed E-state index contributed by atoms with van der Waals surface area (Å²) in [6, 6.07) is 12.5. The lowest BCUT2D eigenvalue weighted by Crippen LogP contribution is -2.46. The summed E-state index contributed by atoms with van der Waals surface area (Å²) in [5, 5.41) is 9.67. The largest absolute Gasteiger partial charge is 0.342 e. The molecule has 0 N–H and O–H groups in total. The van der Waals surface area contributed by atoms with Crippen molar-refractivity contribution in [2.24, 2.45) is 5.92 Å². The van der Waals surface area contributed by atoms with Gasteiger partial charge in [-0.05, 0) is 31.2 Å². The van der Waals surface area contributed by atoms with E-state index in [-0.39, 0.29) is 11.8 Å². The number of benzene rings is 1. The highest BCUT2D eigenvalue weighted by molar-refractivity contribution is 5.79. The molecule has 0 spiro atoms. The van der Waals surface area contributed by atoms with E-state index >= 15 is 0 Å². The van der Waals surface area contributed by atoms with Crippen LogP contribution in [0.25, 0.3) is 0 Å². The average Bonchev–Trinajstić information content (AvgIpc) is 2.56. The molecule has 1 saturated heterocycles. The second-order valence-electron chi connectivity index (χ2n) is 5.90. The van der Waals surface area contributed by atoms with Crippen molar-refractivity contribution in [2.75, 3.05) is 13.1 Å². The van der Waals surface area contributed by atoms with Gasteiger partial charge < -0.3 is 4.90 Å². The van der Waals surface area contributed by atoms with E-state index in [0.29, 0.717) is 13.1 Å². The first-order valence-electron chi connectivity index (χ1n) is 7.92. The number of nitrogens with zero attached hydrogens (tertiary/aromatic N) is 2. The highest BCUT2D eigenvalue weighted by atomic mass is 16.2. The van der Waals surface area contributed by atoms with E-state index in [1.54, 1.807) is 0 Å². The van der Waals surface area contributed by atoms with Gasteiger partial charge in [-0.2, -0.15) is 5.26 Å². The molecule has 1 amide bonds. The zero-order valence-electron chi connectivity index (χ0n) is 13.0. The summed E-state index contributed by atoms with van der Waals surface area (Å²) >= 11 is 0. The van der Waals surface area contributed by atoms with Crippen molar-refractivity contribution in [1.29, 1.82) is 5.26 Å². The number of carbonyl (C=O) groups excluding carboxylic acids is 1. The molecule has 112 valence electrons. The van der Waals surface area contributed by atoms with Crippen LogP contribution in [0.5, 0.6) is 0 Å². The van der Waals surface area contributed by atoms with Gasteiger partial charge in [0.15, 0.2) is 0 Å². The lowest BCUT2D eigenvalue weighted by molar-refractivity contribution is -0.137. The number of likely N-dealkylation sites (tertiary alicyclic amines) is 1. The Morgan fingerprint density at radius 3 is 2.29 bits per heavy atom. The molecular weight excluding hydrogens is 260 g/mol. The van der Waals surface area contributed by atoms with E-state index in [2.05, 4.69) is 19.9 Å². The molecule has 1 fully saturated rings. The molecule has 1 heterocycles. The zero-order valence-corrected chi connectivity index (χ0v) is 13.0. The fraction of sp³-hybridized carbons (Fsp3) is 0.556. The van der Waals surface area contributed by atoms with Crippen LogP contribution in [0.2, 0.25) is 0 Å². The third-order valence-electron chi connectivity index (χ3n) is 4.80. The summed E-state index contributed by atoms with van der Waals surface area (Å²) in [5.41, 5.74) is 0.661. The second kappa shape index (κ2) is 6.76. The molecule has 1 aliphatic rings. The van der Waals surface area contributed by atoms with E-state index in [9.17, 15) is 10.1 Å². The van der Waals surface area contributed by atoms with E-state index in [0.717, 1.165) is 31.2 Å². The Kier molecular flexibility index (Phi) is 5.01. The number of nitriles is 1. The van der Waals surface area contributed by atoms with Crippen LogP contribution in [-0.4, -0.2) is 23.9 Å². The van der Waals surface area contributed by atoms with Crippen molar-refractivity contribution in [3.8, 4) is 6.07 Å². The van der Waals surface area contributed by atoms with Gasteiger partial charge in [0.2, 0.25) is 5.91 Å². The van der Waals surface area contributed by atoms with Crippen molar-refractivity contribution in [1.82, 2.24) is 4.90 Å². The van der Waals surface area contributed by atoms with Gasteiger partial charge >= 0.3 is 0 Å². The predicted octanol–water partition coefficient (Wildman–Crippen LogP) is 3.51. The van der Waals surface area contributed by atoms with E-state index in [4.69, 9.17) is 0 Å². The summed E-state index contributed by atoms with van der Waals surface area (Å²) in [7, 11) is 0. The van der Waals surface area contributed by atoms with Gasteiger partial charge in [0.1, 0.15) is 0 Å². The standard InChI is InChI=1S/C18H24N2O/c1-3-15(4-2)17(21)20-12-10-18(14-19,11-13-20)16-8-6-5-7-9-16/h5-9,15H,3-4,10-13H2,1-2H3. The molecule has 2 rings (SSSR count). The first-order valence-corrected chi connectivity index (χ1v) is 7.92. The molecule has 3 nitrogen and oxygen atoms in total. The van der Waals surface area contributed by atoms with Crippen LogP contribution in [0.15, 0.2) is 30.3 Å². The van der Waals surface area contributed by atoms with Crippen molar-refractivity contribution >= 4 is 5.91 Å². The van der Waals surface area contributed by atoms with Crippen molar-refractivity contribution in [3.05, 3.63) is 35.9 Å². The highest BCUT2D eigenvalue weighted by Gasteiger charge is 2.38. The number of carbonyl (C=O) groups is 1. The van der Waals surface area contributed by atoms with Crippen molar-refractivity contribution in [2.45, 2.75) is 44.9 Å². The Bertz CT molecular complexity index is 506. The van der Waals surface area contributed by atoms with Crippen LogP contribution in [-0.2, 0) is 10.2 Å². The maximum atomic E-state index is 12.4. The first-order chi connectivity index (χ1) is 10.2. The Labute approximate surface area is 127 Å². The normalized spacial score (nSPS) is 17.5. The molecule has 21 heavy (non-hydrogen) atoms. The Balaban J connectivity index is 2.08. The van der Waals surface area contributed by atoms with Gasteiger partial charge in [-0.15, -0.1) is 0 Å². The predicted molar refractivity (Wildman–Crippen MR) is 83.6 cm³/mol. The molecule has 0 aliphatic carbocycles. The first kappa shape index (κ1) is 15.6. The molecule has 3 heteroatoms. The molecule has 0 bridgehead atoms. The molecule has 0 unspecified atom stereocenters. The summed E-state index contributed by atoms with van der Waals surface area (Å²) in [6.45, 7) is 5.52. The molecule has 1 aromatic carbocycles. The molecule has 0 atom stereocenters. The topological polar surface area (TPSA) is 44.1 Å². The minimum atomic E-state index is -0.425. The van der Waals surface area contributed by atoms with Crippen LogP contribution in [0.1, 0.15) is 45.1 Å². The molecule has 0 aromatic heterocycles. The molecular formula is C18H24N2O. The third kappa shape index (κ3) is 3.10. The van der Waals surface area contributed by atoms with E-state index in [1.165, 1.54) is 0 Å². The van der Waals surface area contributed by atoms with Crippen molar-refractivity contribution in [3.63, 3.8) is 0 Å². The molecule has 0 saturated carbocycles. The SMILES string of the molecule is CCC(CC)C(=O)N1CCC(C#N)(c2ccccc2)CC1. The maximum Gasteiger partial charge on any atom is 0.225 e. The van der Waals surface area contributed by atoms with Crippen LogP contribution in [0, 0.1) is 17.2 Å². The van der Waals surface area contributed by atoms with Gasteiger partial charge in [0.25, 0.3) is 0 Å². The third-order valence-corrected chi connectivity index (χ3v) is 4.80. The summed E-state index contributed by atoms with van der Waals surface area (Å²) in [5.74, 6) is 0.399. The number of hydrogen-bond acceptors (Lipinski definition) is 2. The zero-order chi connectivity index (χ0) is 15.3. The van der Waals surface area contributed by atoms with Crippen LogP contribution >= 0.6 is 0 Å². The highest BCUT2D eigenvalue weighted by Crippen LogP contribution is 2.35.